The molecule has 0 saturated carbocycles. The highest BCUT2D eigenvalue weighted by atomic mass is 16.5. The summed E-state index contributed by atoms with van der Waals surface area (Å²) >= 11 is 0. The van der Waals surface area contributed by atoms with Gasteiger partial charge in [0.2, 0.25) is 0 Å². The zero-order chi connectivity index (χ0) is 11.3. The molecule has 1 atom stereocenters. The van der Waals surface area contributed by atoms with Crippen molar-refractivity contribution in [3.05, 3.63) is 18.0 Å². The normalized spacial score (nSPS) is 12.8. The lowest BCUT2D eigenvalue weighted by Crippen LogP contribution is -2.32. The Hall–Kier alpha value is -1.36. The van der Waals surface area contributed by atoms with Crippen LogP contribution in [0, 0.1) is 5.92 Å². The SMILES string of the molecule is CC(C)CC(O)CNC(=O)c1ccon1. The zero-order valence-electron chi connectivity index (χ0n) is 8.93. The van der Waals surface area contributed by atoms with Gasteiger partial charge in [-0.3, -0.25) is 4.79 Å². The molecule has 1 unspecified atom stereocenters. The van der Waals surface area contributed by atoms with Crippen LogP contribution in [0.3, 0.4) is 0 Å². The zero-order valence-corrected chi connectivity index (χ0v) is 8.93. The van der Waals surface area contributed by atoms with Crippen LogP contribution < -0.4 is 5.32 Å². The van der Waals surface area contributed by atoms with Crippen molar-refractivity contribution < 1.29 is 14.4 Å². The molecule has 0 fully saturated rings. The lowest BCUT2D eigenvalue weighted by Gasteiger charge is -2.12. The highest BCUT2D eigenvalue weighted by Gasteiger charge is 2.11. The molecule has 0 bridgehead atoms. The Kier molecular flexibility index (Phi) is 4.30. The minimum Gasteiger partial charge on any atom is -0.391 e. The van der Waals surface area contributed by atoms with Gasteiger partial charge in [0.25, 0.3) is 5.91 Å². The van der Waals surface area contributed by atoms with Crippen molar-refractivity contribution in [3.63, 3.8) is 0 Å². The number of hydrogen-bond acceptors (Lipinski definition) is 4. The van der Waals surface area contributed by atoms with Crippen molar-refractivity contribution in [2.24, 2.45) is 5.92 Å². The molecule has 0 radical (unpaired) electrons. The van der Waals surface area contributed by atoms with Crippen LogP contribution in [-0.2, 0) is 0 Å². The maximum atomic E-state index is 11.4. The minimum absolute atomic E-state index is 0.228. The second-order valence-electron chi connectivity index (χ2n) is 3.88. The van der Waals surface area contributed by atoms with Gasteiger partial charge in [0.15, 0.2) is 5.69 Å². The molecule has 0 saturated heterocycles. The van der Waals surface area contributed by atoms with Crippen LogP contribution in [0.5, 0.6) is 0 Å². The second kappa shape index (κ2) is 5.50. The summed E-state index contributed by atoms with van der Waals surface area (Å²) < 4.78 is 4.53. The van der Waals surface area contributed by atoms with Crippen molar-refractivity contribution in [2.45, 2.75) is 26.4 Å². The molecule has 5 nitrogen and oxygen atoms in total. The van der Waals surface area contributed by atoms with E-state index in [0.29, 0.717) is 12.3 Å². The van der Waals surface area contributed by atoms with Gasteiger partial charge in [-0.2, -0.15) is 0 Å². The highest BCUT2D eigenvalue weighted by Crippen LogP contribution is 2.03. The largest absolute Gasteiger partial charge is 0.391 e. The van der Waals surface area contributed by atoms with E-state index in [2.05, 4.69) is 15.0 Å². The van der Waals surface area contributed by atoms with E-state index in [1.165, 1.54) is 12.3 Å². The van der Waals surface area contributed by atoms with Crippen LogP contribution in [0.1, 0.15) is 30.8 Å². The van der Waals surface area contributed by atoms with E-state index >= 15 is 0 Å². The van der Waals surface area contributed by atoms with Gasteiger partial charge in [0.05, 0.1) is 6.10 Å². The number of hydrogen-bond donors (Lipinski definition) is 2. The van der Waals surface area contributed by atoms with E-state index in [0.717, 1.165) is 0 Å². The first kappa shape index (κ1) is 11.7. The number of carbonyl (C=O) groups excluding carboxylic acids is 1. The monoisotopic (exact) mass is 212 g/mol. The van der Waals surface area contributed by atoms with E-state index in [-0.39, 0.29) is 18.1 Å². The minimum atomic E-state index is -0.513. The third kappa shape index (κ3) is 4.12. The number of rotatable bonds is 5. The Labute approximate surface area is 88.5 Å². The fraction of sp³-hybridized carbons (Fsp3) is 0.600. The van der Waals surface area contributed by atoms with Gasteiger partial charge in [-0.25, -0.2) is 0 Å². The molecule has 1 aromatic heterocycles. The number of aromatic nitrogens is 1. The van der Waals surface area contributed by atoms with Gasteiger partial charge in [-0.05, 0) is 12.3 Å². The van der Waals surface area contributed by atoms with Crippen LogP contribution in [-0.4, -0.2) is 28.8 Å². The van der Waals surface area contributed by atoms with E-state index < -0.39 is 6.10 Å². The van der Waals surface area contributed by atoms with E-state index in [1.807, 2.05) is 13.8 Å². The van der Waals surface area contributed by atoms with Gasteiger partial charge in [0, 0.05) is 12.6 Å². The smallest absolute Gasteiger partial charge is 0.273 e. The Morgan fingerprint density at radius 3 is 2.93 bits per heavy atom. The van der Waals surface area contributed by atoms with Crippen LogP contribution in [0.2, 0.25) is 0 Å². The number of nitrogens with zero attached hydrogens (tertiary/aromatic N) is 1. The van der Waals surface area contributed by atoms with Crippen LogP contribution in [0.25, 0.3) is 0 Å². The maximum Gasteiger partial charge on any atom is 0.273 e. The van der Waals surface area contributed by atoms with Crippen molar-refractivity contribution >= 4 is 5.91 Å². The topological polar surface area (TPSA) is 75.4 Å². The lowest BCUT2D eigenvalue weighted by molar-refractivity contribution is 0.0891. The molecule has 15 heavy (non-hydrogen) atoms. The summed E-state index contributed by atoms with van der Waals surface area (Å²) in [5.74, 6) is 0.0792. The summed E-state index contributed by atoms with van der Waals surface area (Å²) in [5.41, 5.74) is 0.228. The molecule has 0 spiro atoms. The fourth-order valence-electron chi connectivity index (χ4n) is 1.26. The molecular weight excluding hydrogens is 196 g/mol. The van der Waals surface area contributed by atoms with Crippen LogP contribution in [0.15, 0.2) is 16.9 Å². The second-order valence-corrected chi connectivity index (χ2v) is 3.88. The predicted molar refractivity (Wildman–Crippen MR) is 54.3 cm³/mol. The van der Waals surface area contributed by atoms with Crippen molar-refractivity contribution in [2.75, 3.05) is 6.54 Å². The summed E-state index contributed by atoms with van der Waals surface area (Å²) in [5, 5.41) is 15.6. The molecule has 1 amide bonds. The first-order valence-corrected chi connectivity index (χ1v) is 4.96. The average molecular weight is 212 g/mol. The number of aliphatic hydroxyl groups excluding tert-OH is 1. The van der Waals surface area contributed by atoms with Crippen molar-refractivity contribution in [1.82, 2.24) is 10.5 Å². The first-order chi connectivity index (χ1) is 7.09. The Bertz CT molecular complexity index is 296. The average Bonchev–Trinajstić information content (AvgIpc) is 2.65. The maximum absolute atomic E-state index is 11.4. The number of nitrogens with one attached hydrogen (secondary N) is 1. The molecular formula is C10H16N2O3. The summed E-state index contributed by atoms with van der Waals surface area (Å²) in [6.45, 7) is 4.27. The summed E-state index contributed by atoms with van der Waals surface area (Å²) in [4.78, 5) is 11.4. The third-order valence-electron chi connectivity index (χ3n) is 1.91. The van der Waals surface area contributed by atoms with Gasteiger partial charge in [-0.15, -0.1) is 0 Å². The Balaban J connectivity index is 2.28. The summed E-state index contributed by atoms with van der Waals surface area (Å²) in [6, 6.07) is 1.48. The Morgan fingerprint density at radius 1 is 1.67 bits per heavy atom. The summed E-state index contributed by atoms with van der Waals surface area (Å²) in [6.07, 6.45) is 1.49. The van der Waals surface area contributed by atoms with Gasteiger partial charge in [-0.1, -0.05) is 19.0 Å². The predicted octanol–water partition coefficient (Wildman–Crippen LogP) is 0.811. The quantitative estimate of drug-likeness (QED) is 0.757. The van der Waals surface area contributed by atoms with Crippen LogP contribution in [0.4, 0.5) is 0 Å². The highest BCUT2D eigenvalue weighted by molar-refractivity contribution is 5.91. The molecule has 1 aromatic rings. The van der Waals surface area contributed by atoms with Gasteiger partial charge >= 0.3 is 0 Å². The molecule has 1 rings (SSSR count). The number of carbonyl (C=O) groups is 1. The van der Waals surface area contributed by atoms with Crippen molar-refractivity contribution in [1.29, 1.82) is 0 Å². The molecule has 0 aliphatic heterocycles. The molecule has 0 aliphatic rings. The van der Waals surface area contributed by atoms with E-state index in [1.54, 1.807) is 0 Å². The van der Waals surface area contributed by atoms with Gasteiger partial charge in [0.1, 0.15) is 6.26 Å². The van der Waals surface area contributed by atoms with E-state index in [9.17, 15) is 9.90 Å². The molecule has 5 heteroatoms. The lowest BCUT2D eigenvalue weighted by atomic mass is 10.1. The van der Waals surface area contributed by atoms with Gasteiger partial charge < -0.3 is 14.9 Å². The molecule has 0 aliphatic carbocycles. The molecule has 0 aromatic carbocycles. The standard InChI is InChI=1S/C10H16N2O3/c1-7(2)5-8(13)6-11-10(14)9-3-4-15-12-9/h3-4,7-8,13H,5-6H2,1-2H3,(H,11,14). The molecule has 1 heterocycles. The van der Waals surface area contributed by atoms with Crippen molar-refractivity contribution in [3.8, 4) is 0 Å². The van der Waals surface area contributed by atoms with E-state index in [4.69, 9.17) is 0 Å². The summed E-state index contributed by atoms with van der Waals surface area (Å²) in [7, 11) is 0. The number of aliphatic hydroxyl groups is 1. The molecule has 84 valence electrons. The number of amides is 1. The molecule has 2 N–H and O–H groups in total. The van der Waals surface area contributed by atoms with Crippen LogP contribution >= 0.6 is 0 Å². The Morgan fingerprint density at radius 2 is 2.40 bits per heavy atom. The third-order valence-corrected chi connectivity index (χ3v) is 1.91. The fourth-order valence-corrected chi connectivity index (χ4v) is 1.26. The first-order valence-electron chi connectivity index (χ1n) is 4.96.